The summed E-state index contributed by atoms with van der Waals surface area (Å²) in [5.41, 5.74) is 8.20. The van der Waals surface area contributed by atoms with Gasteiger partial charge in [-0.05, 0) is 55.2 Å². The predicted octanol–water partition coefficient (Wildman–Crippen LogP) is 2.40. The Labute approximate surface area is 325 Å². The zero-order chi connectivity index (χ0) is 41.4. The highest BCUT2D eigenvalue weighted by Gasteiger charge is 2.31. The van der Waals surface area contributed by atoms with Crippen molar-refractivity contribution in [2.45, 2.75) is 98.3 Å². The first-order valence-corrected chi connectivity index (χ1v) is 18.9. The first kappa shape index (κ1) is 45.9. The van der Waals surface area contributed by atoms with Gasteiger partial charge in [0.15, 0.2) is 0 Å². The highest BCUT2D eigenvalue weighted by atomic mass is 16.2. The maximum absolute atomic E-state index is 13.5. The van der Waals surface area contributed by atoms with Crippen molar-refractivity contribution >= 4 is 41.4 Å². The Morgan fingerprint density at radius 3 is 1.82 bits per heavy atom. The third-order valence-electron chi connectivity index (χ3n) is 9.36. The van der Waals surface area contributed by atoms with Crippen LogP contribution in [-0.4, -0.2) is 103 Å². The Morgan fingerprint density at radius 2 is 1.25 bits per heavy atom. The van der Waals surface area contributed by atoms with Crippen LogP contribution in [0.25, 0.3) is 11.1 Å². The molecule has 0 fully saturated rings. The second-order valence-electron chi connectivity index (χ2n) is 15.2. The monoisotopic (exact) mass is 763 g/mol. The molecule has 0 saturated heterocycles. The van der Waals surface area contributed by atoms with Crippen molar-refractivity contribution in [3.05, 3.63) is 60.2 Å². The third kappa shape index (κ3) is 15.5. The molecule has 0 saturated carbocycles. The molecule has 7 amide bonds. The van der Waals surface area contributed by atoms with E-state index in [0.29, 0.717) is 18.9 Å². The fraction of sp³-hybridized carbons (Fsp3) is 0.537. The van der Waals surface area contributed by atoms with Crippen LogP contribution in [0.3, 0.4) is 0 Å². The molecule has 0 aliphatic carbocycles. The number of primary amides is 1. The minimum absolute atomic E-state index is 0.184. The molecule has 2 rings (SSSR count). The molecule has 0 spiro atoms. The van der Waals surface area contributed by atoms with E-state index in [9.17, 15) is 33.6 Å². The molecule has 0 aromatic heterocycles. The van der Waals surface area contributed by atoms with Crippen LogP contribution < -0.4 is 27.0 Å². The van der Waals surface area contributed by atoms with E-state index in [-0.39, 0.29) is 24.2 Å². The fourth-order valence-corrected chi connectivity index (χ4v) is 5.77. The predicted molar refractivity (Wildman–Crippen MR) is 212 cm³/mol. The van der Waals surface area contributed by atoms with Gasteiger partial charge in [0, 0.05) is 33.0 Å². The maximum Gasteiger partial charge on any atom is 0.245 e. The quantitative estimate of drug-likeness (QED) is 0.129. The van der Waals surface area contributed by atoms with Crippen molar-refractivity contribution in [3.8, 4) is 11.1 Å². The number of carbonyl (C=O) groups excluding carboxylic acids is 7. The van der Waals surface area contributed by atoms with Crippen LogP contribution in [0.15, 0.2) is 54.6 Å². The average molecular weight is 764 g/mol. The van der Waals surface area contributed by atoms with Crippen LogP contribution in [-0.2, 0) is 40.0 Å². The van der Waals surface area contributed by atoms with Crippen molar-refractivity contribution in [1.82, 2.24) is 31.1 Å². The van der Waals surface area contributed by atoms with Crippen molar-refractivity contribution in [2.75, 3.05) is 27.2 Å². The largest absolute Gasteiger partial charge is 0.370 e. The summed E-state index contributed by atoms with van der Waals surface area (Å²) >= 11 is 0. The molecule has 14 heteroatoms. The van der Waals surface area contributed by atoms with Gasteiger partial charge in [-0.15, -0.1) is 0 Å². The van der Waals surface area contributed by atoms with E-state index < -0.39 is 72.6 Å². The lowest BCUT2D eigenvalue weighted by atomic mass is 9.96. The van der Waals surface area contributed by atoms with Gasteiger partial charge in [0.05, 0.1) is 13.0 Å². The molecule has 6 N–H and O–H groups in total. The van der Waals surface area contributed by atoms with Crippen molar-refractivity contribution in [1.29, 1.82) is 0 Å². The Balaban J connectivity index is 2.05. The standard InChI is InChI=1S/C41H61N7O7/c1-25(2)19-20-47(8)41(55)34(23-35(42)49)46-38(52)28(6)44-39(53)29(7)48(9)36(50)24-43-40(54)33(45-37(51)27(5)21-26(3)4)22-30-15-17-32(18-16-30)31-13-11-10-12-14-31/h10-18,25-29,33-34H,19-24H2,1-9H3,(H2,42,49)(H,43,54)(H,44,53)(H,45,51)(H,46,52)/t27-,28+,29-,33-,34-/m0/s1. The third-order valence-corrected chi connectivity index (χ3v) is 9.36. The molecular formula is C41H61N7O7. The van der Waals surface area contributed by atoms with Crippen LogP contribution in [0, 0.1) is 17.8 Å². The summed E-state index contributed by atoms with van der Waals surface area (Å²) in [6, 6.07) is 13.2. The molecule has 0 heterocycles. The van der Waals surface area contributed by atoms with Gasteiger partial charge in [0.25, 0.3) is 0 Å². The van der Waals surface area contributed by atoms with Gasteiger partial charge in [-0.2, -0.15) is 0 Å². The van der Waals surface area contributed by atoms with Crippen LogP contribution >= 0.6 is 0 Å². The summed E-state index contributed by atoms with van der Waals surface area (Å²) in [5, 5.41) is 10.5. The molecule has 5 atom stereocenters. The van der Waals surface area contributed by atoms with Crippen LogP contribution in [0.2, 0.25) is 0 Å². The zero-order valence-corrected chi connectivity index (χ0v) is 33.8. The molecule has 2 aromatic rings. The summed E-state index contributed by atoms with van der Waals surface area (Å²) in [5.74, 6) is -3.79. The summed E-state index contributed by atoms with van der Waals surface area (Å²) in [6.07, 6.45) is 1.12. The van der Waals surface area contributed by atoms with Gasteiger partial charge in [-0.1, -0.05) is 89.2 Å². The fourth-order valence-electron chi connectivity index (χ4n) is 5.77. The lowest BCUT2D eigenvalue weighted by molar-refractivity contribution is -0.140. The van der Waals surface area contributed by atoms with Crippen LogP contribution in [0.1, 0.15) is 73.3 Å². The molecule has 0 aliphatic rings. The Hall–Kier alpha value is -5.27. The van der Waals surface area contributed by atoms with E-state index in [1.807, 2.05) is 82.3 Å². The van der Waals surface area contributed by atoms with Crippen molar-refractivity contribution in [2.24, 2.45) is 23.5 Å². The Bertz CT molecular complexity index is 1610. The topological polar surface area (TPSA) is 200 Å². The number of benzene rings is 2. The van der Waals surface area contributed by atoms with Gasteiger partial charge in [0.2, 0.25) is 41.4 Å². The maximum atomic E-state index is 13.5. The average Bonchev–Trinajstić information content (AvgIpc) is 3.14. The molecule has 55 heavy (non-hydrogen) atoms. The van der Waals surface area contributed by atoms with Gasteiger partial charge < -0.3 is 36.8 Å². The number of rotatable bonds is 21. The first-order chi connectivity index (χ1) is 25.8. The highest BCUT2D eigenvalue weighted by Crippen LogP contribution is 2.20. The van der Waals surface area contributed by atoms with Gasteiger partial charge in [0.1, 0.15) is 24.2 Å². The number of nitrogens with two attached hydrogens (primary N) is 1. The van der Waals surface area contributed by atoms with Crippen molar-refractivity contribution < 1.29 is 33.6 Å². The van der Waals surface area contributed by atoms with Crippen LogP contribution in [0.4, 0.5) is 0 Å². The zero-order valence-electron chi connectivity index (χ0n) is 33.8. The second-order valence-corrected chi connectivity index (χ2v) is 15.2. The summed E-state index contributed by atoms with van der Waals surface area (Å²) < 4.78 is 0. The minimum Gasteiger partial charge on any atom is -0.370 e. The number of carbonyl (C=O) groups is 7. The van der Waals surface area contributed by atoms with Crippen LogP contribution in [0.5, 0.6) is 0 Å². The summed E-state index contributed by atoms with van der Waals surface area (Å²) in [7, 11) is 2.96. The lowest BCUT2D eigenvalue weighted by Crippen LogP contribution is -2.57. The lowest BCUT2D eigenvalue weighted by Gasteiger charge is -2.28. The van der Waals surface area contributed by atoms with Gasteiger partial charge in [-0.3, -0.25) is 33.6 Å². The molecule has 302 valence electrons. The van der Waals surface area contributed by atoms with Crippen molar-refractivity contribution in [3.63, 3.8) is 0 Å². The number of amides is 7. The van der Waals surface area contributed by atoms with E-state index in [0.717, 1.165) is 28.0 Å². The van der Waals surface area contributed by atoms with E-state index in [1.165, 1.54) is 25.8 Å². The van der Waals surface area contributed by atoms with E-state index in [1.54, 1.807) is 14.0 Å². The van der Waals surface area contributed by atoms with E-state index >= 15 is 0 Å². The molecule has 0 unspecified atom stereocenters. The Morgan fingerprint density at radius 1 is 0.673 bits per heavy atom. The highest BCUT2D eigenvalue weighted by molar-refractivity contribution is 5.96. The van der Waals surface area contributed by atoms with Gasteiger partial charge >= 0.3 is 0 Å². The normalized spacial score (nSPS) is 13.8. The van der Waals surface area contributed by atoms with E-state index in [4.69, 9.17) is 5.73 Å². The van der Waals surface area contributed by atoms with E-state index in [2.05, 4.69) is 21.3 Å². The number of likely N-dealkylation sites (N-methyl/N-ethyl adjacent to an activating group) is 2. The summed E-state index contributed by atoms with van der Waals surface area (Å²) in [6.45, 7) is 12.7. The number of hydrogen-bond donors (Lipinski definition) is 5. The van der Waals surface area contributed by atoms with Gasteiger partial charge in [-0.25, -0.2) is 0 Å². The smallest absolute Gasteiger partial charge is 0.245 e. The molecule has 0 radical (unpaired) electrons. The minimum atomic E-state index is -1.22. The summed E-state index contributed by atoms with van der Waals surface area (Å²) in [4.78, 5) is 93.1. The number of nitrogens with zero attached hydrogens (tertiary/aromatic N) is 2. The molecule has 2 aromatic carbocycles. The Kier molecular flexibility index (Phi) is 18.5. The molecule has 0 bridgehead atoms. The first-order valence-electron chi connectivity index (χ1n) is 18.9. The number of hydrogen-bond acceptors (Lipinski definition) is 7. The second kappa shape index (κ2) is 22.2. The molecular weight excluding hydrogens is 702 g/mol. The SMILES string of the molecule is CC(C)CCN(C)C(=O)[C@H](CC(N)=O)NC(=O)[C@@H](C)NC(=O)[C@H](C)N(C)C(=O)CNC(=O)[C@H](Cc1ccc(-c2ccccc2)cc1)NC(=O)[C@@H](C)CC(C)C. The molecule has 14 nitrogen and oxygen atoms in total. The number of nitrogens with one attached hydrogen (secondary N) is 4. The molecule has 0 aliphatic heterocycles.